The van der Waals surface area contributed by atoms with Gasteiger partial charge in [0.25, 0.3) is 0 Å². The van der Waals surface area contributed by atoms with Crippen molar-refractivity contribution in [1.82, 2.24) is 19.6 Å². The van der Waals surface area contributed by atoms with Crippen molar-refractivity contribution in [3.05, 3.63) is 64.5 Å². The lowest BCUT2D eigenvalue weighted by Gasteiger charge is -2.08. The third-order valence-electron chi connectivity index (χ3n) is 4.58. The monoisotopic (exact) mass is 369 g/mol. The molecule has 3 rings (SSSR count). The maximum atomic E-state index is 13.9. The van der Waals surface area contributed by atoms with Gasteiger partial charge in [0.2, 0.25) is 5.91 Å². The molecule has 0 saturated heterocycles. The Kier molecular flexibility index (Phi) is 5.39. The van der Waals surface area contributed by atoms with Crippen molar-refractivity contribution in [2.24, 2.45) is 0 Å². The van der Waals surface area contributed by atoms with Crippen molar-refractivity contribution in [1.29, 1.82) is 0 Å². The Morgan fingerprint density at radius 1 is 1.11 bits per heavy atom. The Balaban J connectivity index is 1.68. The van der Waals surface area contributed by atoms with E-state index in [4.69, 9.17) is 0 Å². The molecule has 0 atom stereocenters. The van der Waals surface area contributed by atoms with Gasteiger partial charge in [-0.05, 0) is 39.8 Å². The Labute approximate surface area is 158 Å². The minimum Gasteiger partial charge on any atom is -0.323 e. The van der Waals surface area contributed by atoms with Crippen LogP contribution >= 0.6 is 0 Å². The molecule has 0 fully saturated rings. The van der Waals surface area contributed by atoms with Gasteiger partial charge in [0.15, 0.2) is 0 Å². The molecule has 1 N–H and O–H groups in total. The number of benzene rings is 1. The highest BCUT2D eigenvalue weighted by Gasteiger charge is 2.15. The Morgan fingerprint density at radius 3 is 2.52 bits per heavy atom. The summed E-state index contributed by atoms with van der Waals surface area (Å²) in [4.78, 5) is 12.4. The van der Waals surface area contributed by atoms with Crippen LogP contribution in [0.4, 0.5) is 10.1 Å². The van der Waals surface area contributed by atoms with E-state index in [2.05, 4.69) is 15.5 Å². The highest BCUT2D eigenvalue weighted by Crippen LogP contribution is 2.21. The van der Waals surface area contributed by atoms with Gasteiger partial charge in [0.05, 0.1) is 29.3 Å². The molecule has 0 aliphatic carbocycles. The first-order valence-electron chi connectivity index (χ1n) is 8.93. The number of nitrogens with one attached hydrogen (secondary N) is 1. The fourth-order valence-corrected chi connectivity index (χ4v) is 3.13. The van der Waals surface area contributed by atoms with Crippen molar-refractivity contribution < 1.29 is 9.18 Å². The normalized spacial score (nSPS) is 11.0. The zero-order valence-electron chi connectivity index (χ0n) is 16.1. The van der Waals surface area contributed by atoms with Crippen LogP contribution in [0.15, 0.2) is 30.3 Å². The van der Waals surface area contributed by atoms with E-state index in [0.717, 1.165) is 17.1 Å². The van der Waals surface area contributed by atoms with E-state index in [1.165, 1.54) is 6.07 Å². The number of carbonyl (C=O) groups excluding carboxylic acids is 1. The van der Waals surface area contributed by atoms with E-state index in [1.54, 1.807) is 22.9 Å². The minimum absolute atomic E-state index is 0.0980. The van der Waals surface area contributed by atoms with Gasteiger partial charge in [-0.15, -0.1) is 0 Å². The molecular formula is C20H24FN5O. The molecule has 0 unspecified atom stereocenters. The molecule has 0 radical (unpaired) electrons. The highest BCUT2D eigenvalue weighted by atomic mass is 19.1. The van der Waals surface area contributed by atoms with Crippen molar-refractivity contribution >= 4 is 11.6 Å². The van der Waals surface area contributed by atoms with Crippen LogP contribution in [-0.2, 0) is 17.9 Å². The van der Waals surface area contributed by atoms with Gasteiger partial charge in [0, 0.05) is 24.2 Å². The third-order valence-corrected chi connectivity index (χ3v) is 4.58. The molecule has 1 amide bonds. The number of aryl methyl sites for hydroxylation is 4. The van der Waals surface area contributed by atoms with Crippen LogP contribution in [-0.4, -0.2) is 25.5 Å². The van der Waals surface area contributed by atoms with Crippen LogP contribution in [0.25, 0.3) is 0 Å². The van der Waals surface area contributed by atoms with Crippen LogP contribution in [0, 0.1) is 33.5 Å². The Morgan fingerprint density at radius 2 is 1.85 bits per heavy atom. The minimum atomic E-state index is -0.263. The number of amides is 1. The molecule has 7 heteroatoms. The van der Waals surface area contributed by atoms with Gasteiger partial charge in [0.1, 0.15) is 5.82 Å². The summed E-state index contributed by atoms with van der Waals surface area (Å²) in [5, 5.41) is 11.8. The predicted molar refractivity (Wildman–Crippen MR) is 102 cm³/mol. The molecule has 27 heavy (non-hydrogen) atoms. The zero-order chi connectivity index (χ0) is 19.6. The second-order valence-corrected chi connectivity index (χ2v) is 6.74. The molecule has 1 aromatic carbocycles. The largest absolute Gasteiger partial charge is 0.323 e. The molecular weight excluding hydrogens is 345 g/mol. The first kappa shape index (κ1) is 18.8. The lowest BCUT2D eigenvalue weighted by Crippen LogP contribution is -2.16. The average molecular weight is 369 g/mol. The summed E-state index contributed by atoms with van der Waals surface area (Å²) in [6, 6.07) is 8.61. The second kappa shape index (κ2) is 7.73. The summed E-state index contributed by atoms with van der Waals surface area (Å²) >= 11 is 0. The lowest BCUT2D eigenvalue weighted by molar-refractivity contribution is -0.116. The second-order valence-electron chi connectivity index (χ2n) is 6.74. The molecule has 2 aromatic heterocycles. The van der Waals surface area contributed by atoms with E-state index in [9.17, 15) is 9.18 Å². The quantitative estimate of drug-likeness (QED) is 0.723. The van der Waals surface area contributed by atoms with Crippen molar-refractivity contribution in [3.63, 3.8) is 0 Å². The SMILES string of the molecule is Cc1cc(C)n(CCC(=O)Nc2c(C)nn(Cc3ccccc3F)c2C)n1. The van der Waals surface area contributed by atoms with E-state index >= 15 is 0 Å². The highest BCUT2D eigenvalue weighted by molar-refractivity contribution is 5.91. The van der Waals surface area contributed by atoms with Gasteiger partial charge >= 0.3 is 0 Å². The lowest BCUT2D eigenvalue weighted by atomic mass is 10.2. The number of hydrogen-bond acceptors (Lipinski definition) is 3. The average Bonchev–Trinajstić information content (AvgIpc) is 3.07. The molecule has 3 aromatic rings. The molecule has 0 aliphatic heterocycles. The van der Waals surface area contributed by atoms with Crippen LogP contribution in [0.3, 0.4) is 0 Å². The summed E-state index contributed by atoms with van der Waals surface area (Å²) in [6.07, 6.45) is 0.319. The van der Waals surface area contributed by atoms with Gasteiger partial charge in [-0.3, -0.25) is 14.2 Å². The number of hydrogen-bond donors (Lipinski definition) is 1. The number of aromatic nitrogens is 4. The van der Waals surface area contributed by atoms with E-state index in [-0.39, 0.29) is 11.7 Å². The van der Waals surface area contributed by atoms with Gasteiger partial charge in [-0.2, -0.15) is 10.2 Å². The smallest absolute Gasteiger partial charge is 0.226 e. The standard InChI is InChI=1S/C20H24FN5O/c1-13-11-14(2)25(23-13)10-9-19(27)22-20-15(3)24-26(16(20)4)12-17-7-5-6-8-18(17)21/h5-8,11H,9-10,12H2,1-4H3,(H,22,27). The van der Waals surface area contributed by atoms with Crippen molar-refractivity contribution in [2.75, 3.05) is 5.32 Å². The van der Waals surface area contributed by atoms with Crippen LogP contribution in [0.1, 0.15) is 34.8 Å². The Bertz CT molecular complexity index is 973. The van der Waals surface area contributed by atoms with E-state index < -0.39 is 0 Å². The van der Waals surface area contributed by atoms with E-state index in [0.29, 0.717) is 36.5 Å². The zero-order valence-corrected chi connectivity index (χ0v) is 16.1. The third kappa shape index (κ3) is 4.24. The molecule has 0 saturated carbocycles. The predicted octanol–water partition coefficient (Wildman–Crippen LogP) is 3.53. The molecule has 2 heterocycles. The van der Waals surface area contributed by atoms with Gasteiger partial charge in [-0.1, -0.05) is 18.2 Å². The van der Waals surface area contributed by atoms with Crippen LogP contribution in [0.5, 0.6) is 0 Å². The van der Waals surface area contributed by atoms with Gasteiger partial charge in [-0.25, -0.2) is 4.39 Å². The molecule has 0 bridgehead atoms. The number of anilines is 1. The van der Waals surface area contributed by atoms with Crippen molar-refractivity contribution in [2.45, 2.75) is 47.2 Å². The number of rotatable bonds is 6. The summed E-state index contributed by atoms with van der Waals surface area (Å²) in [5.74, 6) is -0.361. The van der Waals surface area contributed by atoms with E-state index in [1.807, 2.05) is 38.4 Å². The number of carbonyl (C=O) groups is 1. The van der Waals surface area contributed by atoms with Crippen LogP contribution < -0.4 is 5.32 Å². The van der Waals surface area contributed by atoms with Crippen LogP contribution in [0.2, 0.25) is 0 Å². The van der Waals surface area contributed by atoms with Crippen molar-refractivity contribution in [3.8, 4) is 0 Å². The first-order chi connectivity index (χ1) is 12.8. The number of halogens is 1. The summed E-state index contributed by atoms with van der Waals surface area (Å²) in [5.41, 5.74) is 4.73. The molecule has 142 valence electrons. The topological polar surface area (TPSA) is 64.7 Å². The molecule has 0 spiro atoms. The first-order valence-corrected chi connectivity index (χ1v) is 8.93. The van der Waals surface area contributed by atoms with Gasteiger partial charge < -0.3 is 5.32 Å². The fourth-order valence-electron chi connectivity index (χ4n) is 3.13. The summed E-state index contributed by atoms with van der Waals surface area (Å²) in [7, 11) is 0. The fraction of sp³-hybridized carbons (Fsp3) is 0.350. The summed E-state index contributed by atoms with van der Waals surface area (Å²) in [6.45, 7) is 8.45. The maximum absolute atomic E-state index is 13.9. The summed E-state index contributed by atoms with van der Waals surface area (Å²) < 4.78 is 17.4. The Hall–Kier alpha value is -2.96. The molecule has 6 nitrogen and oxygen atoms in total. The molecule has 0 aliphatic rings. The number of nitrogens with zero attached hydrogens (tertiary/aromatic N) is 4. The maximum Gasteiger partial charge on any atom is 0.226 e.